The molecule has 7 heteroatoms. The van der Waals surface area contributed by atoms with Gasteiger partial charge in [-0.15, -0.1) is 0 Å². The van der Waals surface area contributed by atoms with E-state index in [1.165, 1.54) is 6.20 Å². The number of aliphatic carboxylic acids is 1. The van der Waals surface area contributed by atoms with Gasteiger partial charge in [0.25, 0.3) is 5.91 Å². The van der Waals surface area contributed by atoms with Gasteiger partial charge in [0.1, 0.15) is 17.9 Å². The van der Waals surface area contributed by atoms with E-state index in [0.29, 0.717) is 24.5 Å². The fourth-order valence-corrected chi connectivity index (χ4v) is 1.93. The zero-order valence-corrected chi connectivity index (χ0v) is 10.5. The number of pyridine rings is 1. The molecule has 0 aromatic carbocycles. The lowest BCUT2D eigenvalue weighted by Gasteiger charge is -2.47. The van der Waals surface area contributed by atoms with Gasteiger partial charge in [-0.2, -0.15) is 0 Å². The van der Waals surface area contributed by atoms with Gasteiger partial charge in [-0.3, -0.25) is 4.79 Å². The summed E-state index contributed by atoms with van der Waals surface area (Å²) in [6.07, 6.45) is 1.42. The highest BCUT2D eigenvalue weighted by molar-refractivity contribution is 5.93. The van der Waals surface area contributed by atoms with Crippen LogP contribution in [0, 0.1) is 0 Å². The van der Waals surface area contributed by atoms with Crippen molar-refractivity contribution < 1.29 is 19.4 Å². The number of amides is 1. The van der Waals surface area contributed by atoms with Crippen molar-refractivity contribution in [1.29, 1.82) is 0 Å². The van der Waals surface area contributed by atoms with E-state index in [9.17, 15) is 9.59 Å². The lowest BCUT2D eigenvalue weighted by molar-refractivity contribution is -0.159. The molecule has 0 aliphatic carbocycles. The maximum Gasteiger partial charge on any atom is 0.329 e. The van der Waals surface area contributed by atoms with E-state index in [1.54, 1.807) is 24.0 Å². The van der Waals surface area contributed by atoms with Gasteiger partial charge in [-0.05, 0) is 19.1 Å². The molecule has 1 saturated heterocycles. The molecule has 19 heavy (non-hydrogen) atoms. The number of nitrogens with two attached hydrogens (primary N) is 1. The molecule has 1 aliphatic rings. The minimum Gasteiger partial charge on any atom is -0.480 e. The third-order valence-corrected chi connectivity index (χ3v) is 2.89. The first-order valence-corrected chi connectivity index (χ1v) is 5.76. The fourth-order valence-electron chi connectivity index (χ4n) is 1.93. The molecule has 102 valence electrons. The number of carbonyl (C=O) groups is 2. The van der Waals surface area contributed by atoms with Gasteiger partial charge in [-0.25, -0.2) is 9.78 Å². The maximum atomic E-state index is 12.0. The number of carboxylic acids is 1. The molecule has 0 atom stereocenters. The van der Waals surface area contributed by atoms with Crippen molar-refractivity contribution in [2.45, 2.75) is 12.5 Å². The standard InChI is InChI=1S/C12H15N3O4/c1-12(19-5-10(16)17)6-15(7-12)11(18)9-3-2-8(13)4-14-9/h2-4H,5-7,13H2,1H3,(H,16,17). The largest absolute Gasteiger partial charge is 0.480 e. The van der Waals surface area contributed by atoms with E-state index in [0.717, 1.165) is 0 Å². The molecule has 0 spiro atoms. The van der Waals surface area contributed by atoms with Crippen molar-refractivity contribution in [1.82, 2.24) is 9.88 Å². The number of rotatable bonds is 4. The Morgan fingerprint density at radius 2 is 2.21 bits per heavy atom. The summed E-state index contributed by atoms with van der Waals surface area (Å²) in [5, 5.41) is 8.55. The molecule has 1 aliphatic heterocycles. The van der Waals surface area contributed by atoms with Crippen molar-refractivity contribution in [3.63, 3.8) is 0 Å². The second-order valence-electron chi connectivity index (χ2n) is 4.77. The number of aromatic nitrogens is 1. The number of hydrogen-bond donors (Lipinski definition) is 2. The molecule has 0 bridgehead atoms. The van der Waals surface area contributed by atoms with Gasteiger partial charge >= 0.3 is 5.97 Å². The number of nitrogens with zero attached hydrogens (tertiary/aromatic N) is 2. The predicted molar refractivity (Wildman–Crippen MR) is 66.5 cm³/mol. The van der Waals surface area contributed by atoms with E-state index in [-0.39, 0.29) is 12.5 Å². The molecule has 0 unspecified atom stereocenters. The molecule has 1 aromatic rings. The van der Waals surface area contributed by atoms with Gasteiger partial charge in [0.05, 0.1) is 25.0 Å². The predicted octanol–water partition coefficient (Wildman–Crippen LogP) is -0.0205. The van der Waals surface area contributed by atoms with Crippen LogP contribution in [0.2, 0.25) is 0 Å². The number of nitrogen functional groups attached to an aromatic ring is 1. The van der Waals surface area contributed by atoms with E-state index in [1.807, 2.05) is 0 Å². The molecule has 2 rings (SSSR count). The molecule has 0 saturated carbocycles. The summed E-state index contributed by atoms with van der Waals surface area (Å²) in [5.41, 5.74) is 5.71. The summed E-state index contributed by atoms with van der Waals surface area (Å²) in [6.45, 7) is 2.12. The molecule has 7 nitrogen and oxygen atoms in total. The van der Waals surface area contributed by atoms with Gasteiger partial charge in [-0.1, -0.05) is 0 Å². The van der Waals surface area contributed by atoms with Crippen molar-refractivity contribution in [2.75, 3.05) is 25.4 Å². The molecule has 3 N–H and O–H groups in total. The first-order chi connectivity index (χ1) is 8.89. The Labute approximate surface area is 110 Å². The lowest BCUT2D eigenvalue weighted by Crippen LogP contribution is -2.63. The third-order valence-electron chi connectivity index (χ3n) is 2.89. The van der Waals surface area contributed by atoms with Crippen LogP contribution < -0.4 is 5.73 Å². The summed E-state index contributed by atoms with van der Waals surface area (Å²) in [5.74, 6) is -1.23. The first kappa shape index (κ1) is 13.3. The molecular weight excluding hydrogens is 250 g/mol. The van der Waals surface area contributed by atoms with Gasteiger partial charge in [0.15, 0.2) is 0 Å². The van der Waals surface area contributed by atoms with Crippen LogP contribution >= 0.6 is 0 Å². The second-order valence-corrected chi connectivity index (χ2v) is 4.77. The number of carboxylic acid groups (broad SMARTS) is 1. The van der Waals surface area contributed by atoms with Crippen LogP contribution in [0.1, 0.15) is 17.4 Å². The average Bonchev–Trinajstić information content (AvgIpc) is 2.33. The van der Waals surface area contributed by atoms with Crippen LogP contribution in [0.5, 0.6) is 0 Å². The van der Waals surface area contributed by atoms with Crippen molar-refractivity contribution in [2.24, 2.45) is 0 Å². The molecule has 1 fully saturated rings. The number of carbonyl (C=O) groups excluding carboxylic acids is 1. The Kier molecular flexibility index (Phi) is 3.39. The minimum absolute atomic E-state index is 0.212. The van der Waals surface area contributed by atoms with E-state index < -0.39 is 11.6 Å². The Hall–Kier alpha value is -2.15. The molecular formula is C12H15N3O4. The molecule has 2 heterocycles. The van der Waals surface area contributed by atoms with Gasteiger partial charge in [0, 0.05) is 0 Å². The van der Waals surface area contributed by atoms with Crippen molar-refractivity contribution in [3.8, 4) is 0 Å². The van der Waals surface area contributed by atoms with Gasteiger partial charge in [0.2, 0.25) is 0 Å². The van der Waals surface area contributed by atoms with Crippen molar-refractivity contribution in [3.05, 3.63) is 24.0 Å². The van der Waals surface area contributed by atoms with Crippen LogP contribution in [0.25, 0.3) is 0 Å². The van der Waals surface area contributed by atoms with Crippen LogP contribution in [0.15, 0.2) is 18.3 Å². The van der Waals surface area contributed by atoms with Crippen LogP contribution in [0.4, 0.5) is 5.69 Å². The number of ether oxygens (including phenoxy) is 1. The number of likely N-dealkylation sites (tertiary alicyclic amines) is 1. The van der Waals surface area contributed by atoms with Gasteiger partial charge < -0.3 is 20.5 Å². The highest BCUT2D eigenvalue weighted by atomic mass is 16.5. The number of anilines is 1. The average molecular weight is 265 g/mol. The molecule has 1 amide bonds. The lowest BCUT2D eigenvalue weighted by atomic mass is 9.96. The smallest absolute Gasteiger partial charge is 0.329 e. The fraction of sp³-hybridized carbons (Fsp3) is 0.417. The Morgan fingerprint density at radius 1 is 1.53 bits per heavy atom. The number of hydrogen-bond acceptors (Lipinski definition) is 5. The highest BCUT2D eigenvalue weighted by Crippen LogP contribution is 2.25. The summed E-state index contributed by atoms with van der Waals surface area (Å²) in [6, 6.07) is 3.17. The summed E-state index contributed by atoms with van der Waals surface area (Å²) in [4.78, 5) is 28.0. The zero-order valence-electron chi connectivity index (χ0n) is 10.5. The topological polar surface area (TPSA) is 106 Å². The normalized spacial score (nSPS) is 16.8. The highest BCUT2D eigenvalue weighted by Gasteiger charge is 2.43. The van der Waals surface area contributed by atoms with Crippen LogP contribution in [-0.2, 0) is 9.53 Å². The Bertz CT molecular complexity index is 494. The van der Waals surface area contributed by atoms with E-state index in [4.69, 9.17) is 15.6 Å². The quantitative estimate of drug-likeness (QED) is 0.792. The third kappa shape index (κ3) is 3.00. The summed E-state index contributed by atoms with van der Waals surface area (Å²) in [7, 11) is 0. The molecule has 0 radical (unpaired) electrons. The second kappa shape index (κ2) is 4.85. The monoisotopic (exact) mass is 265 g/mol. The van der Waals surface area contributed by atoms with E-state index >= 15 is 0 Å². The van der Waals surface area contributed by atoms with Crippen LogP contribution in [-0.4, -0.2) is 52.2 Å². The SMILES string of the molecule is CC1(OCC(=O)O)CN(C(=O)c2ccc(N)cn2)C1. The van der Waals surface area contributed by atoms with Crippen LogP contribution in [0.3, 0.4) is 0 Å². The minimum atomic E-state index is -1.02. The Morgan fingerprint density at radius 3 is 2.74 bits per heavy atom. The summed E-state index contributed by atoms with van der Waals surface area (Å²) < 4.78 is 5.23. The maximum absolute atomic E-state index is 12.0. The zero-order chi connectivity index (χ0) is 14.0. The first-order valence-electron chi connectivity index (χ1n) is 5.76. The summed E-state index contributed by atoms with van der Waals surface area (Å²) >= 11 is 0. The van der Waals surface area contributed by atoms with E-state index in [2.05, 4.69) is 4.98 Å². The van der Waals surface area contributed by atoms with Crippen molar-refractivity contribution >= 4 is 17.6 Å². The Balaban J connectivity index is 1.91. The molecule has 1 aromatic heterocycles.